The largest absolute Gasteiger partial charge is 0.357 e. The normalized spacial score (nSPS) is 20.2. The number of Topliss-reactive ketones (excluding diaryl/α,β-unsaturated/α-hetero) is 1. The van der Waals surface area contributed by atoms with E-state index in [1.807, 2.05) is 43.0 Å². The number of hydrogen-bond acceptors (Lipinski definition) is 3. The first kappa shape index (κ1) is 23.3. The van der Waals surface area contributed by atoms with Crippen molar-refractivity contribution in [2.75, 3.05) is 10.2 Å². The SMILES string of the molecule is CC(C)C(=O)N1c2ccccc2NC2=C(C(=O)CC(C)(C)C2)[C@@H]1c1ccc(C(C)(C)C)cc1. The molecule has 33 heavy (non-hydrogen) atoms. The lowest BCUT2D eigenvalue weighted by molar-refractivity contribution is -0.122. The summed E-state index contributed by atoms with van der Waals surface area (Å²) in [5.74, 6) is -0.0692. The molecule has 0 radical (unpaired) electrons. The summed E-state index contributed by atoms with van der Waals surface area (Å²) in [5, 5.41) is 3.57. The van der Waals surface area contributed by atoms with Crippen molar-refractivity contribution in [3.63, 3.8) is 0 Å². The molecule has 1 aliphatic carbocycles. The average molecular weight is 445 g/mol. The lowest BCUT2D eigenvalue weighted by Gasteiger charge is -2.38. The minimum atomic E-state index is -0.455. The molecule has 0 aromatic heterocycles. The molecule has 1 amide bonds. The first-order valence-corrected chi connectivity index (χ1v) is 11.9. The first-order chi connectivity index (χ1) is 15.4. The Kier molecular flexibility index (Phi) is 5.76. The number of carbonyl (C=O) groups is 2. The summed E-state index contributed by atoms with van der Waals surface area (Å²) in [7, 11) is 0. The Morgan fingerprint density at radius 2 is 1.67 bits per heavy atom. The average Bonchev–Trinajstić information content (AvgIpc) is 2.86. The van der Waals surface area contributed by atoms with Gasteiger partial charge >= 0.3 is 0 Å². The Hall–Kier alpha value is -2.88. The monoisotopic (exact) mass is 444 g/mol. The van der Waals surface area contributed by atoms with E-state index in [4.69, 9.17) is 0 Å². The van der Waals surface area contributed by atoms with Gasteiger partial charge in [0.15, 0.2) is 5.78 Å². The summed E-state index contributed by atoms with van der Waals surface area (Å²) in [6.45, 7) is 14.7. The van der Waals surface area contributed by atoms with Gasteiger partial charge < -0.3 is 5.32 Å². The van der Waals surface area contributed by atoms with Crippen molar-refractivity contribution in [1.29, 1.82) is 0 Å². The summed E-state index contributed by atoms with van der Waals surface area (Å²) >= 11 is 0. The number of ketones is 1. The molecule has 2 aromatic rings. The molecule has 0 bridgehead atoms. The van der Waals surface area contributed by atoms with Crippen molar-refractivity contribution < 1.29 is 9.59 Å². The summed E-state index contributed by atoms with van der Waals surface area (Å²) < 4.78 is 0. The number of fused-ring (bicyclic) bond motifs is 1. The number of carbonyl (C=O) groups excluding carboxylic acids is 2. The van der Waals surface area contributed by atoms with Crippen molar-refractivity contribution in [3.05, 3.63) is 70.9 Å². The number of anilines is 2. The van der Waals surface area contributed by atoms with Crippen LogP contribution in [-0.2, 0) is 15.0 Å². The third kappa shape index (κ3) is 4.36. The molecule has 0 unspecified atom stereocenters. The Morgan fingerprint density at radius 1 is 1.03 bits per heavy atom. The van der Waals surface area contributed by atoms with Gasteiger partial charge in [0.25, 0.3) is 0 Å². The smallest absolute Gasteiger partial charge is 0.230 e. The van der Waals surface area contributed by atoms with Crippen molar-refractivity contribution in [2.24, 2.45) is 11.3 Å². The number of nitrogens with one attached hydrogen (secondary N) is 1. The van der Waals surface area contributed by atoms with Gasteiger partial charge in [0.2, 0.25) is 5.91 Å². The Bertz CT molecular complexity index is 1120. The number of amides is 1. The van der Waals surface area contributed by atoms with Gasteiger partial charge in [0, 0.05) is 23.6 Å². The number of hydrogen-bond donors (Lipinski definition) is 1. The Balaban J connectivity index is 1.98. The number of nitrogens with zero attached hydrogens (tertiary/aromatic N) is 1. The number of rotatable bonds is 2. The number of allylic oxidation sites excluding steroid dienone is 1. The third-order valence-electron chi connectivity index (χ3n) is 6.72. The highest BCUT2D eigenvalue weighted by molar-refractivity contribution is 6.06. The van der Waals surface area contributed by atoms with Crippen LogP contribution in [0.1, 0.15) is 78.5 Å². The molecule has 0 saturated carbocycles. The van der Waals surface area contributed by atoms with Crippen LogP contribution in [0, 0.1) is 11.3 Å². The van der Waals surface area contributed by atoms with Gasteiger partial charge in [0.1, 0.15) is 0 Å². The molecule has 0 spiro atoms. The second-order valence-corrected chi connectivity index (χ2v) is 11.6. The molecule has 174 valence electrons. The van der Waals surface area contributed by atoms with Crippen LogP contribution in [0.3, 0.4) is 0 Å². The predicted octanol–water partition coefficient (Wildman–Crippen LogP) is 6.78. The highest BCUT2D eigenvalue weighted by atomic mass is 16.2. The van der Waals surface area contributed by atoms with Crippen LogP contribution in [-0.4, -0.2) is 11.7 Å². The fourth-order valence-corrected chi connectivity index (χ4v) is 4.99. The fraction of sp³-hybridized carbons (Fsp3) is 0.448. The first-order valence-electron chi connectivity index (χ1n) is 11.9. The van der Waals surface area contributed by atoms with Crippen LogP contribution in [0.25, 0.3) is 0 Å². The van der Waals surface area contributed by atoms with Crippen molar-refractivity contribution in [1.82, 2.24) is 0 Å². The second-order valence-electron chi connectivity index (χ2n) is 11.6. The van der Waals surface area contributed by atoms with Crippen LogP contribution >= 0.6 is 0 Å². The standard InChI is InChI=1S/C29H36N2O2/c1-18(2)27(33)31-23-11-9-8-10-21(23)30-22-16-29(6,7)17-24(32)25(22)26(31)19-12-14-20(15-13-19)28(3,4)5/h8-15,18,26,30H,16-17H2,1-7H3/t26-/m0/s1. The van der Waals surface area contributed by atoms with Gasteiger partial charge in [-0.1, -0.05) is 84.9 Å². The molecule has 4 heteroatoms. The molecule has 0 fully saturated rings. The molecule has 1 aliphatic heterocycles. The van der Waals surface area contributed by atoms with Crippen LogP contribution in [0.15, 0.2) is 59.8 Å². The van der Waals surface area contributed by atoms with Crippen LogP contribution in [0.4, 0.5) is 11.4 Å². The quantitative estimate of drug-likeness (QED) is 0.555. The van der Waals surface area contributed by atoms with Crippen molar-refractivity contribution in [3.8, 4) is 0 Å². The Labute approximate surface area is 198 Å². The van der Waals surface area contributed by atoms with E-state index in [1.165, 1.54) is 5.56 Å². The van der Waals surface area contributed by atoms with E-state index in [2.05, 4.69) is 64.2 Å². The molecule has 1 atom stereocenters. The zero-order chi connectivity index (χ0) is 24.1. The summed E-state index contributed by atoms with van der Waals surface area (Å²) in [6, 6.07) is 15.9. The summed E-state index contributed by atoms with van der Waals surface area (Å²) in [5.41, 5.74) is 5.45. The molecule has 0 saturated heterocycles. The zero-order valence-electron chi connectivity index (χ0n) is 21.0. The fourth-order valence-electron chi connectivity index (χ4n) is 4.99. The van der Waals surface area contributed by atoms with Gasteiger partial charge in [-0.2, -0.15) is 0 Å². The van der Waals surface area contributed by atoms with Crippen LogP contribution < -0.4 is 10.2 Å². The minimum absolute atomic E-state index is 0.0144. The lowest BCUT2D eigenvalue weighted by atomic mass is 9.73. The number of para-hydroxylation sites is 2. The highest BCUT2D eigenvalue weighted by Crippen LogP contribution is 2.48. The zero-order valence-corrected chi connectivity index (χ0v) is 21.0. The van der Waals surface area contributed by atoms with Crippen LogP contribution in [0.5, 0.6) is 0 Å². The van der Waals surface area contributed by atoms with Gasteiger partial charge in [-0.05, 0) is 40.5 Å². The topological polar surface area (TPSA) is 49.4 Å². The molecular weight excluding hydrogens is 408 g/mol. The minimum Gasteiger partial charge on any atom is -0.357 e. The van der Waals surface area contributed by atoms with Crippen LogP contribution in [0.2, 0.25) is 0 Å². The molecule has 4 rings (SSSR count). The van der Waals surface area contributed by atoms with Crippen molar-refractivity contribution >= 4 is 23.1 Å². The van der Waals surface area contributed by atoms with E-state index in [0.717, 1.165) is 34.6 Å². The predicted molar refractivity (Wildman–Crippen MR) is 135 cm³/mol. The van der Waals surface area contributed by atoms with Gasteiger partial charge in [-0.3, -0.25) is 14.5 Å². The van der Waals surface area contributed by atoms with Gasteiger partial charge in [-0.15, -0.1) is 0 Å². The van der Waals surface area contributed by atoms with Gasteiger partial charge in [0.05, 0.1) is 17.4 Å². The maximum Gasteiger partial charge on any atom is 0.230 e. The lowest BCUT2D eigenvalue weighted by Crippen LogP contribution is -2.41. The highest BCUT2D eigenvalue weighted by Gasteiger charge is 2.43. The van der Waals surface area contributed by atoms with E-state index in [-0.39, 0.29) is 28.4 Å². The molecule has 1 N–H and O–H groups in total. The molecule has 4 nitrogen and oxygen atoms in total. The maximum atomic E-state index is 13.7. The van der Waals surface area contributed by atoms with E-state index in [0.29, 0.717) is 6.42 Å². The third-order valence-corrected chi connectivity index (χ3v) is 6.72. The summed E-state index contributed by atoms with van der Waals surface area (Å²) in [6.07, 6.45) is 1.24. The molecular formula is C29H36N2O2. The molecule has 2 aliphatic rings. The molecule has 1 heterocycles. The van der Waals surface area contributed by atoms with E-state index in [1.54, 1.807) is 0 Å². The van der Waals surface area contributed by atoms with E-state index in [9.17, 15) is 9.59 Å². The Morgan fingerprint density at radius 3 is 2.27 bits per heavy atom. The number of benzene rings is 2. The van der Waals surface area contributed by atoms with Gasteiger partial charge in [-0.25, -0.2) is 0 Å². The second kappa shape index (κ2) is 8.16. The molecule has 2 aromatic carbocycles. The van der Waals surface area contributed by atoms with E-state index >= 15 is 0 Å². The van der Waals surface area contributed by atoms with Crippen molar-refractivity contribution in [2.45, 2.75) is 72.8 Å². The van der Waals surface area contributed by atoms with E-state index < -0.39 is 6.04 Å². The maximum absolute atomic E-state index is 13.7. The summed E-state index contributed by atoms with van der Waals surface area (Å²) in [4.78, 5) is 29.2.